The Morgan fingerprint density at radius 2 is 1.81 bits per heavy atom. The van der Waals surface area contributed by atoms with Gasteiger partial charge in [-0.2, -0.15) is 5.10 Å². The Labute approximate surface area is 187 Å². The van der Waals surface area contributed by atoms with Crippen LogP contribution in [0.1, 0.15) is 41.4 Å². The number of nitrogens with zero attached hydrogens (tertiary/aromatic N) is 3. The predicted molar refractivity (Wildman–Crippen MR) is 123 cm³/mol. The second-order valence-corrected chi connectivity index (χ2v) is 8.37. The maximum atomic E-state index is 13.2. The molecule has 1 aromatic heterocycles. The van der Waals surface area contributed by atoms with Gasteiger partial charge in [0.25, 0.3) is 5.91 Å². The van der Waals surface area contributed by atoms with Crippen molar-refractivity contribution in [2.45, 2.75) is 32.2 Å². The topological polar surface area (TPSA) is 67.2 Å². The van der Waals surface area contributed by atoms with E-state index in [-0.39, 0.29) is 17.7 Å². The van der Waals surface area contributed by atoms with Crippen LogP contribution in [0.15, 0.2) is 60.8 Å². The summed E-state index contributed by atoms with van der Waals surface area (Å²) in [5.41, 5.74) is 2.96. The fourth-order valence-electron chi connectivity index (χ4n) is 3.50. The normalized spacial score (nSPS) is 11.9. The first-order valence-electron chi connectivity index (χ1n) is 10.2. The molecule has 3 rings (SSSR count). The van der Waals surface area contributed by atoms with E-state index in [9.17, 15) is 9.59 Å². The Hall–Kier alpha value is -3.12. The van der Waals surface area contributed by atoms with Crippen LogP contribution in [0.2, 0.25) is 5.02 Å². The Kier molecular flexibility index (Phi) is 7.13. The lowest BCUT2D eigenvalue weighted by atomic mass is 10.0. The van der Waals surface area contributed by atoms with Crippen molar-refractivity contribution in [3.8, 4) is 5.69 Å². The number of aromatic nitrogens is 2. The number of benzene rings is 2. The highest BCUT2D eigenvalue weighted by Gasteiger charge is 2.27. The van der Waals surface area contributed by atoms with E-state index in [1.165, 1.54) is 4.90 Å². The molecular formula is C24H27ClN4O2. The number of hydrogen-bond acceptors (Lipinski definition) is 3. The van der Waals surface area contributed by atoms with Crippen molar-refractivity contribution in [2.24, 2.45) is 0 Å². The highest BCUT2D eigenvalue weighted by molar-refractivity contribution is 6.30. The van der Waals surface area contributed by atoms with Crippen molar-refractivity contribution in [2.75, 3.05) is 14.1 Å². The van der Waals surface area contributed by atoms with Gasteiger partial charge in [-0.15, -0.1) is 0 Å². The van der Waals surface area contributed by atoms with Crippen molar-refractivity contribution in [3.05, 3.63) is 82.6 Å². The summed E-state index contributed by atoms with van der Waals surface area (Å²) in [6, 6.07) is 16.3. The van der Waals surface area contributed by atoms with Crippen LogP contribution in [-0.4, -0.2) is 46.6 Å². The highest BCUT2D eigenvalue weighted by Crippen LogP contribution is 2.24. The average Bonchev–Trinajstić information content (AvgIpc) is 3.19. The van der Waals surface area contributed by atoms with Gasteiger partial charge >= 0.3 is 0 Å². The van der Waals surface area contributed by atoms with E-state index in [0.29, 0.717) is 17.0 Å². The van der Waals surface area contributed by atoms with Crippen molar-refractivity contribution < 1.29 is 9.59 Å². The molecule has 6 nitrogen and oxygen atoms in total. The standard InChI is InChI=1S/C24H27ClN4O2/c1-16(2)22-20(15-26-29(22)19-12-8-11-18(25)14-19)23(30)27-21(24(31)28(3)4)13-17-9-6-5-7-10-17/h5-12,14-16,21H,13H2,1-4H3,(H,27,30). The fraction of sp³-hybridized carbons (Fsp3) is 0.292. The molecule has 0 fully saturated rings. The van der Waals surface area contributed by atoms with Gasteiger partial charge < -0.3 is 10.2 Å². The maximum Gasteiger partial charge on any atom is 0.255 e. The zero-order valence-corrected chi connectivity index (χ0v) is 18.9. The third-order valence-corrected chi connectivity index (χ3v) is 5.21. The lowest BCUT2D eigenvalue weighted by Gasteiger charge is -2.22. The zero-order valence-electron chi connectivity index (χ0n) is 18.2. The van der Waals surface area contributed by atoms with Gasteiger partial charge in [-0.25, -0.2) is 4.68 Å². The van der Waals surface area contributed by atoms with E-state index in [1.54, 1.807) is 37.1 Å². The second kappa shape index (κ2) is 9.79. The van der Waals surface area contributed by atoms with Gasteiger partial charge in [0, 0.05) is 25.5 Å². The number of hydrogen-bond donors (Lipinski definition) is 1. The molecule has 0 saturated carbocycles. The minimum atomic E-state index is -0.681. The van der Waals surface area contributed by atoms with Gasteiger partial charge in [0.15, 0.2) is 0 Å². The molecule has 2 amide bonds. The number of halogens is 1. The number of nitrogens with one attached hydrogen (secondary N) is 1. The number of carbonyl (C=O) groups excluding carboxylic acids is 2. The highest BCUT2D eigenvalue weighted by atomic mass is 35.5. The van der Waals surface area contributed by atoms with Crippen LogP contribution in [0.25, 0.3) is 5.69 Å². The third-order valence-electron chi connectivity index (χ3n) is 4.98. The smallest absolute Gasteiger partial charge is 0.255 e. The van der Waals surface area contributed by atoms with E-state index in [0.717, 1.165) is 16.9 Å². The predicted octanol–water partition coefficient (Wildman–Crippen LogP) is 4.08. The average molecular weight is 439 g/mol. The quantitative estimate of drug-likeness (QED) is 0.604. The molecule has 0 aliphatic heterocycles. The molecule has 0 saturated heterocycles. The third kappa shape index (κ3) is 5.33. The van der Waals surface area contributed by atoms with Crippen molar-refractivity contribution in [1.29, 1.82) is 0 Å². The van der Waals surface area contributed by atoms with E-state index in [2.05, 4.69) is 10.4 Å². The summed E-state index contributed by atoms with van der Waals surface area (Å²) in [7, 11) is 3.37. The lowest BCUT2D eigenvalue weighted by Crippen LogP contribution is -2.47. The summed E-state index contributed by atoms with van der Waals surface area (Å²) < 4.78 is 1.73. The fourth-order valence-corrected chi connectivity index (χ4v) is 3.68. The van der Waals surface area contributed by atoms with Gasteiger partial charge in [-0.3, -0.25) is 9.59 Å². The van der Waals surface area contributed by atoms with Crippen LogP contribution in [0.4, 0.5) is 0 Å². The summed E-state index contributed by atoms with van der Waals surface area (Å²) in [4.78, 5) is 27.5. The number of carbonyl (C=O) groups is 2. The summed E-state index contributed by atoms with van der Waals surface area (Å²) in [5, 5.41) is 7.96. The first-order valence-corrected chi connectivity index (χ1v) is 10.6. The van der Waals surface area contributed by atoms with Crippen LogP contribution < -0.4 is 5.32 Å². The molecule has 0 aliphatic rings. The minimum Gasteiger partial charge on any atom is -0.347 e. The molecule has 0 spiro atoms. The molecule has 0 bridgehead atoms. The number of rotatable bonds is 7. The first kappa shape index (κ1) is 22.6. The molecule has 0 radical (unpaired) electrons. The van der Waals surface area contributed by atoms with Crippen LogP contribution in [0, 0.1) is 0 Å². The van der Waals surface area contributed by atoms with Crippen LogP contribution in [0.3, 0.4) is 0 Å². The number of likely N-dealkylation sites (N-methyl/N-ethyl adjacent to an activating group) is 1. The van der Waals surface area contributed by atoms with E-state index in [4.69, 9.17) is 11.6 Å². The van der Waals surface area contributed by atoms with E-state index < -0.39 is 6.04 Å². The van der Waals surface area contributed by atoms with Gasteiger partial charge in [0.05, 0.1) is 23.1 Å². The molecule has 0 aliphatic carbocycles. The van der Waals surface area contributed by atoms with Gasteiger partial charge in [-0.05, 0) is 29.7 Å². The Bertz CT molecular complexity index is 1060. The largest absolute Gasteiger partial charge is 0.347 e. The van der Waals surface area contributed by atoms with Crippen LogP contribution in [0.5, 0.6) is 0 Å². The molecule has 7 heteroatoms. The van der Waals surface area contributed by atoms with Crippen molar-refractivity contribution in [3.63, 3.8) is 0 Å². The second-order valence-electron chi connectivity index (χ2n) is 7.94. The number of amides is 2. The molecule has 1 N–H and O–H groups in total. The summed E-state index contributed by atoms with van der Waals surface area (Å²) >= 11 is 6.14. The van der Waals surface area contributed by atoms with Gasteiger partial charge in [-0.1, -0.05) is 61.8 Å². The SMILES string of the molecule is CC(C)c1c(C(=O)NC(Cc2ccccc2)C(=O)N(C)C)cnn1-c1cccc(Cl)c1. The molecule has 1 unspecified atom stereocenters. The molecule has 1 atom stereocenters. The van der Waals surface area contributed by atoms with E-state index >= 15 is 0 Å². The van der Waals surface area contributed by atoms with Crippen molar-refractivity contribution in [1.82, 2.24) is 20.0 Å². The summed E-state index contributed by atoms with van der Waals surface area (Å²) in [6.07, 6.45) is 1.95. The van der Waals surface area contributed by atoms with E-state index in [1.807, 2.05) is 56.3 Å². The Morgan fingerprint density at radius 1 is 1.10 bits per heavy atom. The molecule has 2 aromatic carbocycles. The molecular weight excluding hydrogens is 412 g/mol. The Morgan fingerprint density at radius 3 is 2.42 bits per heavy atom. The minimum absolute atomic E-state index is 0.0272. The summed E-state index contributed by atoms with van der Waals surface area (Å²) in [5.74, 6) is -0.460. The molecule has 3 aromatic rings. The first-order chi connectivity index (χ1) is 14.8. The van der Waals surface area contributed by atoms with Crippen molar-refractivity contribution >= 4 is 23.4 Å². The van der Waals surface area contributed by atoms with Crippen LogP contribution >= 0.6 is 11.6 Å². The Balaban J connectivity index is 1.92. The molecule has 31 heavy (non-hydrogen) atoms. The molecule has 162 valence electrons. The summed E-state index contributed by atoms with van der Waals surface area (Å²) in [6.45, 7) is 4.00. The monoisotopic (exact) mass is 438 g/mol. The zero-order chi connectivity index (χ0) is 22.5. The van der Waals surface area contributed by atoms with Gasteiger partial charge in [0.1, 0.15) is 6.04 Å². The van der Waals surface area contributed by atoms with Crippen LogP contribution in [-0.2, 0) is 11.2 Å². The van der Waals surface area contributed by atoms with Gasteiger partial charge in [0.2, 0.25) is 5.91 Å². The lowest BCUT2D eigenvalue weighted by molar-refractivity contribution is -0.130. The maximum absolute atomic E-state index is 13.2. The molecule has 1 heterocycles.